The van der Waals surface area contributed by atoms with Gasteiger partial charge >= 0.3 is 0 Å². The number of nitrogens with zero attached hydrogens (tertiary/aromatic N) is 2. The van der Waals surface area contributed by atoms with Gasteiger partial charge < -0.3 is 4.79 Å². The Morgan fingerprint density at radius 1 is 1.50 bits per heavy atom. The molecule has 1 aliphatic carbocycles. The largest absolute Gasteiger partial charge is 0.301 e. The van der Waals surface area contributed by atoms with E-state index in [2.05, 4.69) is 10.7 Å². The van der Waals surface area contributed by atoms with E-state index in [1.165, 1.54) is 16.8 Å². The summed E-state index contributed by atoms with van der Waals surface area (Å²) in [6, 6.07) is 0. The number of carbonyl (C=O) groups is 1. The highest BCUT2D eigenvalue weighted by Gasteiger charge is 2.00. The zero-order chi connectivity index (χ0) is 11.5. The zero-order valence-corrected chi connectivity index (χ0v) is 8.94. The van der Waals surface area contributed by atoms with Crippen molar-refractivity contribution < 1.29 is 4.79 Å². The molecular weight excluding hydrogens is 228 g/mol. The fourth-order valence-corrected chi connectivity index (χ4v) is 1.50. The van der Waals surface area contributed by atoms with Crippen molar-refractivity contribution in [3.05, 3.63) is 44.4 Å². The average Bonchev–Trinajstić information content (AvgIpc) is 2.46. The average molecular weight is 235 g/mol. The lowest BCUT2D eigenvalue weighted by atomic mass is 10.4. The molecule has 0 unspecified atom stereocenters. The molecule has 0 amide bonds. The maximum atomic E-state index is 11.5. The number of halogens is 1. The monoisotopic (exact) mass is 234 g/mol. The number of rotatable bonds is 2. The second-order valence-electron chi connectivity index (χ2n) is 3.11. The Labute approximate surface area is 95.5 Å². The molecule has 4 nitrogen and oxygen atoms in total. The Morgan fingerprint density at radius 3 is 3.06 bits per heavy atom. The number of allylic oxidation sites excluding steroid dienone is 3. The predicted molar refractivity (Wildman–Crippen MR) is 60.2 cm³/mol. The van der Waals surface area contributed by atoms with E-state index in [4.69, 9.17) is 11.6 Å². The summed E-state index contributed by atoms with van der Waals surface area (Å²) in [5, 5.41) is 1.52. The van der Waals surface area contributed by atoms with Gasteiger partial charge in [-0.3, -0.25) is 9.36 Å². The third-order valence-electron chi connectivity index (χ3n) is 2.10. The summed E-state index contributed by atoms with van der Waals surface area (Å²) in [6.45, 7) is -0.0179. The first-order chi connectivity index (χ1) is 7.72. The number of fused-ring (bicyclic) bond motifs is 1. The molecule has 0 spiro atoms. The van der Waals surface area contributed by atoms with Crippen LogP contribution in [0.3, 0.4) is 0 Å². The molecule has 0 aromatic carbocycles. The van der Waals surface area contributed by atoms with Crippen LogP contribution in [0.4, 0.5) is 0 Å². The van der Waals surface area contributed by atoms with Gasteiger partial charge in [0, 0.05) is 11.1 Å². The highest BCUT2D eigenvalue weighted by molar-refractivity contribution is 6.31. The standard InChI is InChI=1S/C11H7ClN2O2/c12-8-1-3-9-10(4-2-8)14(5-6-15)11(16)7-13-9/h1-3,6-7H,5H2. The van der Waals surface area contributed by atoms with E-state index in [-0.39, 0.29) is 12.1 Å². The van der Waals surface area contributed by atoms with Gasteiger partial charge in [-0.05, 0) is 12.2 Å². The first-order valence-electron chi connectivity index (χ1n) is 4.56. The fourth-order valence-electron chi connectivity index (χ4n) is 1.38. The summed E-state index contributed by atoms with van der Waals surface area (Å²) in [7, 11) is 0. The van der Waals surface area contributed by atoms with E-state index < -0.39 is 0 Å². The molecule has 0 saturated carbocycles. The van der Waals surface area contributed by atoms with Crippen molar-refractivity contribution in [1.29, 1.82) is 0 Å². The summed E-state index contributed by atoms with van der Waals surface area (Å²) in [6.07, 6.45) is 6.70. The summed E-state index contributed by atoms with van der Waals surface area (Å²) in [4.78, 5) is 26.0. The Balaban J connectivity index is 2.92. The van der Waals surface area contributed by atoms with Gasteiger partial charge in [0.25, 0.3) is 5.56 Å². The number of hydrogen-bond donors (Lipinski definition) is 0. The lowest BCUT2D eigenvalue weighted by molar-refractivity contribution is -0.108. The van der Waals surface area contributed by atoms with Gasteiger partial charge in [-0.15, -0.1) is 0 Å². The van der Waals surface area contributed by atoms with E-state index in [1.54, 1.807) is 12.2 Å². The van der Waals surface area contributed by atoms with Crippen molar-refractivity contribution in [2.75, 3.05) is 0 Å². The third-order valence-corrected chi connectivity index (χ3v) is 2.33. The highest BCUT2D eigenvalue weighted by Crippen LogP contribution is 2.01. The van der Waals surface area contributed by atoms with Crippen molar-refractivity contribution >= 4 is 29.7 Å². The quantitative estimate of drug-likeness (QED) is 0.636. The second kappa shape index (κ2) is 4.31. The van der Waals surface area contributed by atoms with E-state index in [0.717, 1.165) is 0 Å². The molecule has 16 heavy (non-hydrogen) atoms. The summed E-state index contributed by atoms with van der Waals surface area (Å²) >= 11 is 5.81. The SMILES string of the molecule is O=CCn1c(=O)cnc2c1=C=CC(Cl)=CC=2. The van der Waals surface area contributed by atoms with Gasteiger partial charge in [0.05, 0.1) is 18.1 Å². The normalized spacial score (nSPS) is 12.9. The first-order valence-corrected chi connectivity index (χ1v) is 4.94. The Morgan fingerprint density at radius 2 is 2.31 bits per heavy atom. The molecule has 0 saturated heterocycles. The van der Waals surface area contributed by atoms with Crippen LogP contribution in [0.1, 0.15) is 0 Å². The maximum Gasteiger partial charge on any atom is 0.270 e. The minimum Gasteiger partial charge on any atom is -0.301 e. The molecule has 1 aromatic heterocycles. The van der Waals surface area contributed by atoms with Crippen LogP contribution < -0.4 is 16.3 Å². The molecule has 1 aliphatic rings. The van der Waals surface area contributed by atoms with Crippen molar-refractivity contribution in [2.24, 2.45) is 0 Å². The van der Waals surface area contributed by atoms with Crippen molar-refractivity contribution in [2.45, 2.75) is 6.54 Å². The molecular formula is C11H7ClN2O2. The Kier molecular flexibility index (Phi) is 2.86. The fraction of sp³-hybridized carbons (Fsp3) is 0.0909. The van der Waals surface area contributed by atoms with Crippen LogP contribution in [-0.2, 0) is 11.3 Å². The second-order valence-corrected chi connectivity index (χ2v) is 3.55. The van der Waals surface area contributed by atoms with Crippen LogP contribution in [0.15, 0.2) is 28.2 Å². The molecule has 80 valence electrons. The molecule has 1 heterocycles. The van der Waals surface area contributed by atoms with Gasteiger partial charge in [-0.2, -0.15) is 0 Å². The van der Waals surface area contributed by atoms with Crippen LogP contribution in [0.25, 0.3) is 11.8 Å². The van der Waals surface area contributed by atoms with Crippen LogP contribution in [0.2, 0.25) is 0 Å². The van der Waals surface area contributed by atoms with Crippen LogP contribution >= 0.6 is 11.6 Å². The number of aromatic nitrogens is 2. The number of aldehydes is 1. The predicted octanol–water partition coefficient (Wildman–Crippen LogP) is -0.705. The van der Waals surface area contributed by atoms with E-state index in [1.807, 2.05) is 0 Å². The Bertz CT molecular complexity index is 679. The summed E-state index contributed by atoms with van der Waals surface area (Å²) in [5.74, 6) is 0. The zero-order valence-electron chi connectivity index (χ0n) is 8.18. The van der Waals surface area contributed by atoms with Gasteiger partial charge in [-0.1, -0.05) is 17.3 Å². The molecule has 1 aromatic rings. The molecule has 0 bridgehead atoms. The Hall–Kier alpha value is -1.90. The van der Waals surface area contributed by atoms with Crippen LogP contribution in [0.5, 0.6) is 0 Å². The molecule has 0 atom stereocenters. The molecule has 5 heteroatoms. The molecule has 0 N–H and O–H groups in total. The number of hydrogen-bond acceptors (Lipinski definition) is 3. The minimum atomic E-state index is -0.335. The molecule has 0 aliphatic heterocycles. The molecule has 0 radical (unpaired) electrons. The molecule has 2 rings (SSSR count). The van der Waals surface area contributed by atoms with Gasteiger partial charge in [0.1, 0.15) is 11.6 Å². The minimum absolute atomic E-state index is 0.0179. The van der Waals surface area contributed by atoms with E-state index in [0.29, 0.717) is 22.0 Å². The van der Waals surface area contributed by atoms with Crippen LogP contribution in [-0.4, -0.2) is 15.8 Å². The van der Waals surface area contributed by atoms with Gasteiger partial charge in [0.2, 0.25) is 0 Å². The van der Waals surface area contributed by atoms with E-state index >= 15 is 0 Å². The first kappa shape index (κ1) is 10.6. The van der Waals surface area contributed by atoms with Gasteiger partial charge in [-0.25, -0.2) is 4.98 Å². The topological polar surface area (TPSA) is 52.0 Å². The smallest absolute Gasteiger partial charge is 0.270 e. The summed E-state index contributed by atoms with van der Waals surface area (Å²) < 4.78 is 1.30. The third kappa shape index (κ3) is 1.89. The van der Waals surface area contributed by atoms with E-state index in [9.17, 15) is 9.59 Å². The van der Waals surface area contributed by atoms with Crippen molar-refractivity contribution in [1.82, 2.24) is 9.55 Å². The number of carbonyl (C=O) groups excluding carboxylic acids is 1. The van der Waals surface area contributed by atoms with Gasteiger partial charge in [0.15, 0.2) is 0 Å². The lowest BCUT2D eigenvalue weighted by Crippen LogP contribution is -2.44. The maximum absolute atomic E-state index is 11.5. The van der Waals surface area contributed by atoms with Crippen molar-refractivity contribution in [3.8, 4) is 0 Å². The van der Waals surface area contributed by atoms with Crippen LogP contribution in [0, 0.1) is 0 Å². The highest BCUT2D eigenvalue weighted by atomic mass is 35.5. The van der Waals surface area contributed by atoms with Crippen molar-refractivity contribution in [3.63, 3.8) is 0 Å². The lowest BCUT2D eigenvalue weighted by Gasteiger charge is -1.99. The summed E-state index contributed by atoms with van der Waals surface area (Å²) in [5.41, 5.74) is 2.52. The molecule has 0 fully saturated rings.